The third-order valence-electron chi connectivity index (χ3n) is 9.62. The van der Waals surface area contributed by atoms with E-state index in [1.54, 1.807) is 84.7 Å². The Morgan fingerprint density at radius 2 is 1.16 bits per heavy atom. The number of carbonyl (C=O) groups excluding carboxylic acids is 2. The topological polar surface area (TPSA) is 127 Å². The van der Waals surface area contributed by atoms with Crippen LogP contribution in [0.5, 0.6) is 0 Å². The Morgan fingerprint density at radius 1 is 0.737 bits per heavy atom. The molecule has 9 nitrogen and oxygen atoms in total. The second-order valence-electron chi connectivity index (χ2n) is 15.1. The largest absolute Gasteiger partial charge is 0.446 e. The van der Waals surface area contributed by atoms with Gasteiger partial charge in [0.15, 0.2) is 0 Å². The average molecular weight is 829 g/mol. The molecule has 0 saturated carbocycles. The van der Waals surface area contributed by atoms with Gasteiger partial charge in [0.25, 0.3) is 0 Å². The molecule has 57 heavy (non-hydrogen) atoms. The van der Waals surface area contributed by atoms with E-state index in [0.717, 1.165) is 49.8 Å². The van der Waals surface area contributed by atoms with Crippen molar-refractivity contribution in [2.45, 2.75) is 102 Å². The van der Waals surface area contributed by atoms with Gasteiger partial charge in [0.05, 0.1) is 19.6 Å². The summed E-state index contributed by atoms with van der Waals surface area (Å²) in [5.41, 5.74) is 4.13. The van der Waals surface area contributed by atoms with Gasteiger partial charge in [-0.05, 0) is 143 Å². The van der Waals surface area contributed by atoms with E-state index >= 15 is 0 Å². The van der Waals surface area contributed by atoms with Crippen molar-refractivity contribution in [3.8, 4) is 0 Å². The van der Waals surface area contributed by atoms with Crippen LogP contribution in [0.2, 0.25) is 0 Å². The van der Waals surface area contributed by atoms with Gasteiger partial charge in [0, 0.05) is 26.1 Å². The first kappa shape index (κ1) is 45.2. The number of aryl methyl sites for hydroxylation is 2. The van der Waals surface area contributed by atoms with Crippen molar-refractivity contribution in [3.05, 3.63) is 119 Å². The Bertz CT molecular complexity index is 2190. The number of fused-ring (bicyclic) bond motifs is 2. The zero-order valence-electron chi connectivity index (χ0n) is 32.9. The van der Waals surface area contributed by atoms with E-state index in [1.165, 1.54) is 17.5 Å². The first-order chi connectivity index (χ1) is 26.8. The molecule has 0 fully saturated rings. The molecule has 0 heterocycles. The van der Waals surface area contributed by atoms with Crippen LogP contribution in [-0.4, -0.2) is 73.1 Å². The Hall–Kier alpha value is -4.53. The molecule has 2 aliphatic carbocycles. The van der Waals surface area contributed by atoms with E-state index in [4.69, 9.17) is 9.53 Å². The zero-order valence-corrected chi connectivity index (χ0v) is 34.5. The number of ether oxygens (including phenoxy) is 1. The molecule has 4 aromatic rings. The Morgan fingerprint density at radius 3 is 1.56 bits per heavy atom. The third-order valence-corrected chi connectivity index (χ3v) is 13.2. The molecular weight excluding hydrogens is 778 g/mol. The normalized spacial score (nSPS) is 16.6. The van der Waals surface area contributed by atoms with Crippen molar-refractivity contribution in [3.63, 3.8) is 0 Å². The maximum atomic E-state index is 12.9. The monoisotopic (exact) mass is 828 g/mol. The van der Waals surface area contributed by atoms with E-state index < -0.39 is 37.7 Å². The van der Waals surface area contributed by atoms with Gasteiger partial charge in [-0.3, -0.25) is 4.79 Å². The highest BCUT2D eigenvalue weighted by atomic mass is 32.2. The Labute approximate surface area is 334 Å². The maximum Gasteiger partial charge on any atom is 0.446 e. The standard InChI is InChI=1S/C23H29NO4S.C18H21NO2S.C2HF3O/c1-23(2,3)28-22(25)24(4)16-18-10-8-9-17-15-20(13-14-21(17)18)29(26,27)19-11-6-5-7-12-19;1-19-13-15-7-5-6-14-12-17(10-11-18(14)15)22(20,21)16-8-3-2-4-9-16;3-2(4,5)1-6/h5-7,11-15,18H,8-10,16H2,1-4H3;2-4,8-12,15,19H,5-7,13H2,1H3;1H/t18-;15-;/m11./s1. The number of nitrogens with one attached hydrogen (secondary N) is 1. The minimum atomic E-state index is -4.64. The molecule has 0 spiro atoms. The SMILES string of the molecule is CN(C[C@H]1CCCc2cc(S(=O)(=O)c3ccccc3)ccc21)C(=O)OC(C)(C)C.CNC[C@H]1CCCc2cc(S(=O)(=O)c3ccccc3)ccc21.O=CC(F)(F)F. The number of hydrogen-bond donors (Lipinski definition) is 1. The number of sulfone groups is 2. The van der Waals surface area contributed by atoms with Crippen LogP contribution in [0.15, 0.2) is 117 Å². The average Bonchev–Trinajstić information content (AvgIpc) is 3.18. The second-order valence-corrected chi connectivity index (χ2v) is 19.0. The number of benzene rings is 4. The van der Waals surface area contributed by atoms with Crippen molar-refractivity contribution < 1.29 is 44.3 Å². The molecular formula is C43H51F3N2O7S2. The smallest absolute Gasteiger partial charge is 0.444 e. The lowest BCUT2D eigenvalue weighted by Crippen LogP contribution is -2.37. The third kappa shape index (κ3) is 12.5. The molecule has 0 aliphatic heterocycles. The number of amides is 1. The van der Waals surface area contributed by atoms with Gasteiger partial charge in [-0.1, -0.05) is 48.5 Å². The van der Waals surface area contributed by atoms with Gasteiger partial charge in [-0.15, -0.1) is 0 Å². The molecule has 0 unspecified atom stereocenters. The van der Waals surface area contributed by atoms with Crippen LogP contribution in [0.3, 0.4) is 0 Å². The molecule has 2 atom stereocenters. The van der Waals surface area contributed by atoms with Crippen LogP contribution in [0.4, 0.5) is 18.0 Å². The summed E-state index contributed by atoms with van der Waals surface area (Å²) in [5.74, 6) is 0.659. The lowest BCUT2D eigenvalue weighted by molar-refractivity contribution is -0.156. The predicted molar refractivity (Wildman–Crippen MR) is 213 cm³/mol. The van der Waals surface area contributed by atoms with E-state index in [2.05, 4.69) is 5.32 Å². The van der Waals surface area contributed by atoms with E-state index in [0.29, 0.717) is 32.0 Å². The lowest BCUT2D eigenvalue weighted by Gasteiger charge is -2.31. The van der Waals surface area contributed by atoms with Gasteiger partial charge in [0.2, 0.25) is 26.0 Å². The number of likely N-dealkylation sites (N-methyl/N-ethyl adjacent to an activating group) is 2. The number of hydrogen-bond acceptors (Lipinski definition) is 8. The molecule has 1 amide bonds. The number of alkyl halides is 3. The highest BCUT2D eigenvalue weighted by Gasteiger charge is 2.28. The summed E-state index contributed by atoms with van der Waals surface area (Å²) in [7, 11) is -3.24. The van der Waals surface area contributed by atoms with E-state index in [1.807, 2.05) is 52.1 Å². The molecule has 0 radical (unpaired) electrons. The minimum Gasteiger partial charge on any atom is -0.444 e. The van der Waals surface area contributed by atoms with Crippen molar-refractivity contribution in [2.75, 3.05) is 27.2 Å². The van der Waals surface area contributed by atoms with Gasteiger partial charge in [-0.2, -0.15) is 13.2 Å². The van der Waals surface area contributed by atoms with E-state index in [9.17, 15) is 34.8 Å². The van der Waals surface area contributed by atoms with Crippen LogP contribution < -0.4 is 5.32 Å². The van der Waals surface area contributed by atoms with E-state index in [-0.39, 0.29) is 12.0 Å². The van der Waals surface area contributed by atoms with Gasteiger partial charge in [-0.25, -0.2) is 21.6 Å². The quantitative estimate of drug-likeness (QED) is 0.175. The highest BCUT2D eigenvalue weighted by molar-refractivity contribution is 7.91. The molecule has 4 aromatic carbocycles. The van der Waals surface area contributed by atoms with Crippen molar-refractivity contribution in [2.24, 2.45) is 0 Å². The number of aldehydes is 1. The fourth-order valence-electron chi connectivity index (χ4n) is 6.98. The van der Waals surface area contributed by atoms with Crippen LogP contribution in [-0.2, 0) is 42.0 Å². The second kappa shape index (κ2) is 19.3. The van der Waals surface area contributed by atoms with Crippen LogP contribution in [0.25, 0.3) is 0 Å². The molecule has 1 N–H and O–H groups in total. The molecule has 2 aliphatic rings. The maximum absolute atomic E-state index is 12.9. The molecule has 308 valence electrons. The van der Waals surface area contributed by atoms with Crippen molar-refractivity contribution >= 4 is 32.1 Å². The summed E-state index contributed by atoms with van der Waals surface area (Å²) in [5, 5.41) is 3.23. The molecule has 0 aromatic heterocycles. The lowest BCUT2D eigenvalue weighted by atomic mass is 9.82. The van der Waals surface area contributed by atoms with Crippen molar-refractivity contribution in [1.82, 2.24) is 10.2 Å². The molecule has 0 bridgehead atoms. The Balaban J connectivity index is 0.000000227. The van der Waals surface area contributed by atoms with Crippen molar-refractivity contribution in [1.29, 1.82) is 0 Å². The van der Waals surface area contributed by atoms with Gasteiger partial charge in [0.1, 0.15) is 5.60 Å². The van der Waals surface area contributed by atoms with Gasteiger partial charge >= 0.3 is 12.3 Å². The van der Waals surface area contributed by atoms with Crippen LogP contribution in [0.1, 0.15) is 80.5 Å². The van der Waals surface area contributed by atoms with Gasteiger partial charge < -0.3 is 15.0 Å². The summed E-state index contributed by atoms with van der Waals surface area (Å²) in [4.78, 5) is 24.0. The zero-order chi connectivity index (χ0) is 42.0. The molecule has 0 saturated heterocycles. The summed E-state index contributed by atoms with van der Waals surface area (Å²) < 4.78 is 88.0. The Kier molecular flexibility index (Phi) is 15.3. The summed E-state index contributed by atoms with van der Waals surface area (Å²) in [6.45, 7) is 7.04. The fourth-order valence-corrected chi connectivity index (χ4v) is 9.65. The fraction of sp³-hybridized carbons (Fsp3) is 0.395. The molecule has 6 rings (SSSR count). The highest BCUT2D eigenvalue weighted by Crippen LogP contribution is 2.36. The minimum absolute atomic E-state index is 0.171. The van der Waals surface area contributed by atoms with Crippen LogP contribution in [0, 0.1) is 0 Å². The first-order valence-corrected chi connectivity index (χ1v) is 21.7. The summed E-state index contributed by atoms with van der Waals surface area (Å²) >= 11 is 0. The number of nitrogens with zero attached hydrogens (tertiary/aromatic N) is 1. The predicted octanol–water partition coefficient (Wildman–Crippen LogP) is 8.71. The number of halogens is 3. The molecule has 14 heteroatoms. The van der Waals surface area contributed by atoms with Crippen LogP contribution >= 0.6 is 0 Å². The number of carbonyl (C=O) groups is 2. The summed E-state index contributed by atoms with van der Waals surface area (Å²) in [6.07, 6.45) is -0.0133. The summed E-state index contributed by atoms with van der Waals surface area (Å²) in [6, 6.07) is 28.2. The number of rotatable bonds is 8. The first-order valence-electron chi connectivity index (χ1n) is 18.7.